The molecule has 1 amide bonds. The van der Waals surface area contributed by atoms with E-state index in [2.05, 4.69) is 0 Å². The smallest absolute Gasteiger partial charge is 0.255 e. The number of sulfonamides is 1. The molecule has 134 valence electrons. The average molecular weight is 373 g/mol. The molecule has 1 N–H and O–H groups in total. The summed E-state index contributed by atoms with van der Waals surface area (Å²) < 4.78 is 25.2. The molecule has 1 aromatic heterocycles. The van der Waals surface area contributed by atoms with Gasteiger partial charge in [0.1, 0.15) is 0 Å². The Kier molecular flexibility index (Phi) is 5.01. The first-order valence-corrected chi connectivity index (χ1v) is 10.7. The molecular weight excluding hydrogens is 348 g/mol. The number of likely N-dealkylation sites (tertiary alicyclic amines) is 1. The lowest BCUT2D eigenvalue weighted by molar-refractivity contribution is 0.0764. The summed E-state index contributed by atoms with van der Waals surface area (Å²) in [6.07, 6.45) is 3.47. The number of nitrogens with zero attached hydrogens (tertiary/aromatic N) is 2. The van der Waals surface area contributed by atoms with Crippen LogP contribution in [0, 0.1) is 5.92 Å². The number of hydrogen-bond acceptors (Lipinski definition) is 5. The highest BCUT2D eigenvalue weighted by molar-refractivity contribution is 7.89. The van der Waals surface area contributed by atoms with E-state index in [0.717, 1.165) is 30.4 Å². The van der Waals surface area contributed by atoms with Gasteiger partial charge < -0.3 is 10.0 Å². The first-order chi connectivity index (χ1) is 11.3. The van der Waals surface area contributed by atoms with Gasteiger partial charge in [-0.2, -0.15) is 0 Å². The zero-order valence-electron chi connectivity index (χ0n) is 14.1. The number of amides is 1. The van der Waals surface area contributed by atoms with Gasteiger partial charge in [-0.15, -0.1) is 11.3 Å². The summed E-state index contributed by atoms with van der Waals surface area (Å²) >= 11 is 1.64. The SMILES string of the molecule is CN(C)S(=O)(=O)C[C@@H]1CN(C(=O)c2csc3c2CCCC3)C[C@H]1O. The van der Waals surface area contributed by atoms with Crippen molar-refractivity contribution in [3.63, 3.8) is 0 Å². The number of hydrogen-bond donors (Lipinski definition) is 1. The van der Waals surface area contributed by atoms with E-state index in [9.17, 15) is 18.3 Å². The maximum absolute atomic E-state index is 12.8. The molecule has 2 heterocycles. The number of carbonyl (C=O) groups is 1. The summed E-state index contributed by atoms with van der Waals surface area (Å²) in [5.74, 6) is -0.638. The van der Waals surface area contributed by atoms with Crippen LogP contribution in [0.5, 0.6) is 0 Å². The predicted molar refractivity (Wildman–Crippen MR) is 93.8 cm³/mol. The van der Waals surface area contributed by atoms with Crippen LogP contribution in [0.4, 0.5) is 0 Å². The van der Waals surface area contributed by atoms with E-state index in [-0.39, 0.29) is 24.7 Å². The molecule has 0 radical (unpaired) electrons. The standard InChI is InChI=1S/C16H24N2O4S2/c1-17(2)24(21,22)10-11-7-18(8-14(11)19)16(20)13-9-23-15-6-4-3-5-12(13)15/h9,11,14,19H,3-8,10H2,1-2H3/t11-,14+/m0/s1. The molecule has 6 nitrogen and oxygen atoms in total. The van der Waals surface area contributed by atoms with Crippen LogP contribution in [0.2, 0.25) is 0 Å². The van der Waals surface area contributed by atoms with Gasteiger partial charge in [0.25, 0.3) is 5.91 Å². The van der Waals surface area contributed by atoms with Crippen LogP contribution < -0.4 is 0 Å². The van der Waals surface area contributed by atoms with Gasteiger partial charge in [0.15, 0.2) is 0 Å². The van der Waals surface area contributed by atoms with Crippen LogP contribution >= 0.6 is 11.3 Å². The molecule has 0 unspecified atom stereocenters. The molecule has 2 aliphatic rings. The molecule has 8 heteroatoms. The molecule has 1 aliphatic heterocycles. The lowest BCUT2D eigenvalue weighted by Gasteiger charge is -2.19. The van der Waals surface area contributed by atoms with Crippen molar-refractivity contribution in [2.45, 2.75) is 31.8 Å². The minimum atomic E-state index is -3.39. The van der Waals surface area contributed by atoms with Crippen molar-refractivity contribution >= 4 is 27.3 Å². The highest BCUT2D eigenvalue weighted by Crippen LogP contribution is 2.32. The molecule has 1 aromatic rings. The Labute approximate surface area is 147 Å². The first kappa shape index (κ1) is 17.8. The largest absolute Gasteiger partial charge is 0.391 e. The van der Waals surface area contributed by atoms with E-state index in [0.29, 0.717) is 0 Å². The number of β-amino-alcohol motifs (C(OH)–C–C–N with tert-alkyl or cyclic N) is 1. The van der Waals surface area contributed by atoms with E-state index in [1.165, 1.54) is 29.7 Å². The maximum Gasteiger partial charge on any atom is 0.255 e. The summed E-state index contributed by atoms with van der Waals surface area (Å²) in [6.45, 7) is 0.495. The number of aliphatic hydroxyl groups is 1. The summed E-state index contributed by atoms with van der Waals surface area (Å²) in [5.41, 5.74) is 1.91. The van der Waals surface area contributed by atoms with Crippen LogP contribution in [0.25, 0.3) is 0 Å². The monoisotopic (exact) mass is 372 g/mol. The summed E-state index contributed by atoms with van der Waals surface area (Å²) in [4.78, 5) is 15.7. The van der Waals surface area contributed by atoms with Gasteiger partial charge in [-0.1, -0.05) is 0 Å². The van der Waals surface area contributed by atoms with Gasteiger partial charge in [-0.05, 0) is 31.2 Å². The fraction of sp³-hybridized carbons (Fsp3) is 0.688. The molecule has 1 aliphatic carbocycles. The quantitative estimate of drug-likeness (QED) is 0.854. The van der Waals surface area contributed by atoms with Gasteiger partial charge in [0, 0.05) is 43.4 Å². The molecule has 0 saturated carbocycles. The zero-order valence-corrected chi connectivity index (χ0v) is 15.7. The van der Waals surface area contributed by atoms with Crippen molar-refractivity contribution in [3.05, 3.63) is 21.4 Å². The molecule has 0 bridgehead atoms. The van der Waals surface area contributed by atoms with Crippen LogP contribution in [0.15, 0.2) is 5.38 Å². The van der Waals surface area contributed by atoms with Crippen molar-refractivity contribution in [2.75, 3.05) is 32.9 Å². The number of aryl methyl sites for hydroxylation is 1. The maximum atomic E-state index is 12.8. The molecular formula is C16H24N2O4S2. The summed E-state index contributed by atoms with van der Waals surface area (Å²) in [5, 5.41) is 12.1. The Bertz CT molecular complexity index is 726. The topological polar surface area (TPSA) is 77.9 Å². The van der Waals surface area contributed by atoms with Gasteiger partial charge in [0.05, 0.1) is 17.4 Å². The van der Waals surface area contributed by atoms with Crippen molar-refractivity contribution in [1.29, 1.82) is 0 Å². The summed E-state index contributed by atoms with van der Waals surface area (Å²) in [6, 6.07) is 0. The third-order valence-electron chi connectivity index (χ3n) is 4.97. The second-order valence-electron chi connectivity index (χ2n) is 6.86. The lowest BCUT2D eigenvalue weighted by atomic mass is 9.95. The van der Waals surface area contributed by atoms with Gasteiger partial charge in [-0.3, -0.25) is 4.79 Å². The van der Waals surface area contributed by atoms with Crippen LogP contribution in [-0.2, 0) is 22.9 Å². The van der Waals surface area contributed by atoms with E-state index in [4.69, 9.17) is 0 Å². The Morgan fingerprint density at radius 2 is 2.04 bits per heavy atom. The van der Waals surface area contributed by atoms with E-state index < -0.39 is 22.0 Å². The Hall–Kier alpha value is -0.960. The van der Waals surface area contributed by atoms with E-state index in [1.54, 1.807) is 16.2 Å². The molecule has 2 atom stereocenters. The number of thiophene rings is 1. The average Bonchev–Trinajstić information content (AvgIpc) is 3.10. The third-order valence-corrected chi connectivity index (χ3v) is 8.02. The molecule has 3 rings (SSSR count). The van der Waals surface area contributed by atoms with E-state index >= 15 is 0 Å². The van der Waals surface area contributed by atoms with Crippen LogP contribution in [0.3, 0.4) is 0 Å². The zero-order chi connectivity index (χ0) is 17.5. The first-order valence-electron chi connectivity index (χ1n) is 8.26. The van der Waals surface area contributed by atoms with Gasteiger partial charge >= 0.3 is 0 Å². The molecule has 0 spiro atoms. The normalized spacial score (nSPS) is 24.4. The Morgan fingerprint density at radius 1 is 1.33 bits per heavy atom. The summed E-state index contributed by atoms with van der Waals surface area (Å²) in [7, 11) is -0.428. The molecule has 1 fully saturated rings. The van der Waals surface area contributed by atoms with Crippen LogP contribution in [0.1, 0.15) is 33.6 Å². The number of fused-ring (bicyclic) bond motifs is 1. The van der Waals surface area contributed by atoms with Crippen molar-refractivity contribution in [3.8, 4) is 0 Å². The number of aliphatic hydroxyl groups excluding tert-OH is 1. The van der Waals surface area contributed by atoms with Crippen molar-refractivity contribution < 1.29 is 18.3 Å². The minimum Gasteiger partial charge on any atom is -0.391 e. The van der Waals surface area contributed by atoms with Crippen molar-refractivity contribution in [1.82, 2.24) is 9.21 Å². The predicted octanol–water partition coefficient (Wildman–Crippen LogP) is 0.951. The molecule has 24 heavy (non-hydrogen) atoms. The molecule has 0 aromatic carbocycles. The van der Waals surface area contributed by atoms with E-state index in [1.807, 2.05) is 5.38 Å². The van der Waals surface area contributed by atoms with Crippen LogP contribution in [-0.4, -0.2) is 67.7 Å². The number of carbonyl (C=O) groups excluding carboxylic acids is 1. The fourth-order valence-corrected chi connectivity index (χ4v) is 5.73. The third kappa shape index (κ3) is 3.37. The second-order valence-corrected chi connectivity index (χ2v) is 10.0. The fourth-order valence-electron chi connectivity index (χ4n) is 3.45. The lowest BCUT2D eigenvalue weighted by Crippen LogP contribution is -2.33. The highest BCUT2D eigenvalue weighted by Gasteiger charge is 2.38. The van der Waals surface area contributed by atoms with Gasteiger partial charge in [0.2, 0.25) is 10.0 Å². The van der Waals surface area contributed by atoms with Gasteiger partial charge in [-0.25, -0.2) is 12.7 Å². The Balaban J connectivity index is 1.73. The molecule has 1 saturated heterocycles. The van der Waals surface area contributed by atoms with Crippen molar-refractivity contribution in [2.24, 2.45) is 5.92 Å². The number of rotatable bonds is 4. The minimum absolute atomic E-state index is 0.0711. The highest BCUT2D eigenvalue weighted by atomic mass is 32.2. The Morgan fingerprint density at radius 3 is 2.75 bits per heavy atom. The second kappa shape index (κ2) is 6.74.